The second kappa shape index (κ2) is 6.86. The molecule has 0 aliphatic carbocycles. The van der Waals surface area contributed by atoms with Crippen LogP contribution in [-0.2, 0) is 20.9 Å². The number of hydrogen-bond acceptors (Lipinski definition) is 4. The molecule has 0 N–H and O–H groups in total. The summed E-state index contributed by atoms with van der Waals surface area (Å²) in [4.78, 5) is 40.8. The average Bonchev–Trinajstić information content (AvgIpc) is 3.14. The lowest BCUT2D eigenvalue weighted by Crippen LogP contribution is -2.44. The van der Waals surface area contributed by atoms with Gasteiger partial charge >= 0.3 is 0 Å². The Labute approximate surface area is 152 Å². The predicted octanol–water partition coefficient (Wildman–Crippen LogP) is 3.19. The summed E-state index contributed by atoms with van der Waals surface area (Å²) in [6.07, 6.45) is 0.0137. The van der Waals surface area contributed by atoms with E-state index in [4.69, 9.17) is 0 Å². The molecule has 2 heterocycles. The van der Waals surface area contributed by atoms with Gasteiger partial charge < -0.3 is 4.90 Å². The minimum absolute atomic E-state index is 0.0137. The van der Waals surface area contributed by atoms with Crippen molar-refractivity contribution in [2.45, 2.75) is 25.9 Å². The molecular weight excluding hydrogens is 392 g/mol. The Balaban J connectivity index is 1.86. The summed E-state index contributed by atoms with van der Waals surface area (Å²) in [5, 5.41) is 1.92. The minimum Gasteiger partial charge on any atom is -0.325 e. The van der Waals surface area contributed by atoms with Crippen LogP contribution in [0.1, 0.15) is 18.2 Å². The fourth-order valence-electron chi connectivity index (χ4n) is 2.73. The van der Waals surface area contributed by atoms with E-state index in [0.29, 0.717) is 12.2 Å². The van der Waals surface area contributed by atoms with Crippen molar-refractivity contribution in [1.82, 2.24) is 4.90 Å². The number of carbonyl (C=O) groups is 3. The Kier molecular flexibility index (Phi) is 4.82. The number of rotatable bonds is 4. The molecule has 2 aromatic rings. The first-order chi connectivity index (χ1) is 11.5. The van der Waals surface area contributed by atoms with Gasteiger partial charge in [-0.1, -0.05) is 22.0 Å². The Morgan fingerprint density at radius 2 is 2.00 bits per heavy atom. The normalized spacial score (nSPS) is 17.4. The highest BCUT2D eigenvalue weighted by molar-refractivity contribution is 9.10. The van der Waals surface area contributed by atoms with Gasteiger partial charge in [-0.3, -0.25) is 14.4 Å². The van der Waals surface area contributed by atoms with Crippen molar-refractivity contribution in [3.05, 3.63) is 51.1 Å². The average molecular weight is 407 g/mol. The molecule has 0 saturated carbocycles. The maximum absolute atomic E-state index is 12.8. The van der Waals surface area contributed by atoms with Crippen LogP contribution in [-0.4, -0.2) is 28.7 Å². The van der Waals surface area contributed by atoms with Crippen LogP contribution in [0.2, 0.25) is 0 Å². The summed E-state index contributed by atoms with van der Waals surface area (Å²) < 4.78 is 0.866. The lowest BCUT2D eigenvalue weighted by Gasteiger charge is -2.26. The van der Waals surface area contributed by atoms with E-state index >= 15 is 0 Å². The van der Waals surface area contributed by atoms with Crippen LogP contribution in [0, 0.1) is 0 Å². The number of benzene rings is 1. The SMILES string of the molecule is CC(=O)N(Cc1cccs1)C1CC(=O)N(c2ccc(Br)cc2)C1=O. The molecule has 1 atom stereocenters. The third kappa shape index (κ3) is 3.27. The smallest absolute Gasteiger partial charge is 0.257 e. The molecule has 3 rings (SSSR count). The molecule has 124 valence electrons. The van der Waals surface area contributed by atoms with Gasteiger partial charge in [-0.25, -0.2) is 4.90 Å². The molecule has 0 spiro atoms. The molecule has 5 nitrogen and oxygen atoms in total. The fraction of sp³-hybridized carbons (Fsp3) is 0.235. The Morgan fingerprint density at radius 1 is 1.29 bits per heavy atom. The van der Waals surface area contributed by atoms with Gasteiger partial charge in [-0.15, -0.1) is 11.3 Å². The number of carbonyl (C=O) groups excluding carboxylic acids is 3. The first-order valence-corrected chi connectivity index (χ1v) is 9.06. The Bertz CT molecular complexity index is 774. The van der Waals surface area contributed by atoms with E-state index in [1.807, 2.05) is 17.5 Å². The van der Waals surface area contributed by atoms with Gasteiger partial charge in [0.05, 0.1) is 18.7 Å². The number of thiophene rings is 1. The van der Waals surface area contributed by atoms with Gasteiger partial charge in [0.15, 0.2) is 0 Å². The highest BCUT2D eigenvalue weighted by Gasteiger charge is 2.43. The van der Waals surface area contributed by atoms with E-state index in [-0.39, 0.29) is 24.1 Å². The van der Waals surface area contributed by atoms with Crippen LogP contribution in [0.25, 0.3) is 0 Å². The van der Waals surface area contributed by atoms with Crippen molar-refractivity contribution in [3.8, 4) is 0 Å². The number of halogens is 1. The number of hydrogen-bond donors (Lipinski definition) is 0. The quantitative estimate of drug-likeness (QED) is 0.732. The van der Waals surface area contributed by atoms with Crippen LogP contribution in [0.5, 0.6) is 0 Å². The van der Waals surface area contributed by atoms with E-state index < -0.39 is 6.04 Å². The molecule has 1 unspecified atom stereocenters. The molecule has 1 aromatic heterocycles. The summed E-state index contributed by atoms with van der Waals surface area (Å²) in [5.41, 5.74) is 0.523. The molecule has 1 aliphatic heterocycles. The maximum atomic E-state index is 12.8. The molecule has 24 heavy (non-hydrogen) atoms. The second-order valence-corrected chi connectivity index (χ2v) is 7.44. The highest BCUT2D eigenvalue weighted by Crippen LogP contribution is 2.28. The van der Waals surface area contributed by atoms with E-state index in [9.17, 15) is 14.4 Å². The zero-order valence-electron chi connectivity index (χ0n) is 12.9. The number of amides is 3. The standard InChI is InChI=1S/C17H15BrN2O3S/c1-11(21)19(10-14-3-2-8-24-14)15-9-16(22)20(17(15)23)13-6-4-12(18)5-7-13/h2-8,15H,9-10H2,1H3. The van der Waals surface area contributed by atoms with Crippen molar-refractivity contribution < 1.29 is 14.4 Å². The fourth-order valence-corrected chi connectivity index (χ4v) is 3.70. The largest absolute Gasteiger partial charge is 0.325 e. The lowest BCUT2D eigenvalue weighted by molar-refractivity contribution is -0.137. The van der Waals surface area contributed by atoms with E-state index in [2.05, 4.69) is 15.9 Å². The molecule has 7 heteroatoms. The van der Waals surface area contributed by atoms with Crippen molar-refractivity contribution in [1.29, 1.82) is 0 Å². The first-order valence-electron chi connectivity index (χ1n) is 7.39. The first kappa shape index (κ1) is 16.9. The number of anilines is 1. The van der Waals surface area contributed by atoms with Crippen molar-refractivity contribution >= 4 is 50.7 Å². The van der Waals surface area contributed by atoms with Crippen molar-refractivity contribution in [3.63, 3.8) is 0 Å². The van der Waals surface area contributed by atoms with Crippen LogP contribution in [0.4, 0.5) is 5.69 Å². The summed E-state index contributed by atoms with van der Waals surface area (Å²) in [5.74, 6) is -0.856. The van der Waals surface area contributed by atoms with Crippen molar-refractivity contribution in [2.24, 2.45) is 0 Å². The molecule has 1 aliphatic rings. The van der Waals surface area contributed by atoms with E-state index in [1.54, 1.807) is 24.3 Å². The van der Waals surface area contributed by atoms with Gasteiger partial charge in [0, 0.05) is 16.3 Å². The van der Waals surface area contributed by atoms with Gasteiger partial charge in [-0.2, -0.15) is 0 Å². The summed E-state index contributed by atoms with van der Waals surface area (Å²) in [6, 6.07) is 10.0. The Morgan fingerprint density at radius 3 is 2.58 bits per heavy atom. The predicted molar refractivity (Wildman–Crippen MR) is 95.6 cm³/mol. The monoisotopic (exact) mass is 406 g/mol. The molecular formula is C17H15BrN2O3S. The molecule has 3 amide bonds. The summed E-state index contributed by atoms with van der Waals surface area (Å²) in [7, 11) is 0. The zero-order chi connectivity index (χ0) is 17.3. The van der Waals surface area contributed by atoms with Gasteiger partial charge in [0.25, 0.3) is 5.91 Å². The summed E-state index contributed by atoms with van der Waals surface area (Å²) in [6.45, 7) is 1.76. The van der Waals surface area contributed by atoms with Crippen molar-refractivity contribution in [2.75, 3.05) is 4.90 Å². The highest BCUT2D eigenvalue weighted by atomic mass is 79.9. The number of nitrogens with zero attached hydrogens (tertiary/aromatic N) is 2. The van der Waals surface area contributed by atoms with Gasteiger partial charge in [0.1, 0.15) is 6.04 Å². The van der Waals surface area contributed by atoms with Crippen LogP contribution in [0.15, 0.2) is 46.3 Å². The molecule has 1 aromatic carbocycles. The Hall–Kier alpha value is -1.99. The van der Waals surface area contributed by atoms with Gasteiger partial charge in [-0.05, 0) is 35.7 Å². The van der Waals surface area contributed by atoms with E-state index in [0.717, 1.165) is 9.35 Å². The zero-order valence-corrected chi connectivity index (χ0v) is 15.3. The van der Waals surface area contributed by atoms with Crippen LogP contribution in [0.3, 0.4) is 0 Å². The molecule has 1 saturated heterocycles. The van der Waals surface area contributed by atoms with Crippen LogP contribution >= 0.6 is 27.3 Å². The molecule has 1 fully saturated rings. The topological polar surface area (TPSA) is 57.7 Å². The lowest BCUT2D eigenvalue weighted by atomic mass is 10.2. The van der Waals surface area contributed by atoms with Gasteiger partial charge in [0.2, 0.25) is 11.8 Å². The van der Waals surface area contributed by atoms with Crippen LogP contribution < -0.4 is 4.90 Å². The van der Waals surface area contributed by atoms with E-state index in [1.165, 1.54) is 28.1 Å². The minimum atomic E-state index is -0.749. The molecule has 0 bridgehead atoms. The second-order valence-electron chi connectivity index (χ2n) is 5.49. The third-order valence-corrected chi connectivity index (χ3v) is 5.28. The maximum Gasteiger partial charge on any atom is 0.257 e. The number of imide groups is 1. The molecule has 0 radical (unpaired) electrons. The third-order valence-electron chi connectivity index (χ3n) is 3.89. The summed E-state index contributed by atoms with van der Waals surface area (Å²) >= 11 is 4.85.